The third-order valence-electron chi connectivity index (χ3n) is 9.03. The standard InChI is InChI=1S/C35H57N7O15/c43-19-26(48)14-36-30(51)5-4-29(35(54)55)41-12-10-40(33(56-22-46)8-6-31(52)37-15-27(49)20-44)11-13-42(18-25-3-1-2-24(17-41)39-25)34(57-23-47)9-7-32(53)38-16-28(50)21-45/h1-3,22-23,26-29,33-34,43-45,48-50H,4-21H2,(H,36,51)(H,37,52)(H,38,53)(H,54,55). The molecule has 10 N–H and O–H groups in total. The molecule has 0 saturated heterocycles. The van der Waals surface area contributed by atoms with Gasteiger partial charge in [0, 0.05) is 91.0 Å². The van der Waals surface area contributed by atoms with E-state index in [1.54, 1.807) is 32.9 Å². The van der Waals surface area contributed by atoms with Gasteiger partial charge in [0.2, 0.25) is 17.7 Å². The smallest absolute Gasteiger partial charge is 0.320 e. The van der Waals surface area contributed by atoms with Gasteiger partial charge in [-0.25, -0.2) is 0 Å². The van der Waals surface area contributed by atoms with Gasteiger partial charge in [0.05, 0.1) is 49.5 Å². The van der Waals surface area contributed by atoms with Gasteiger partial charge in [0.15, 0.2) is 12.5 Å². The molecule has 0 aliphatic carbocycles. The predicted octanol–water partition coefficient (Wildman–Crippen LogP) is -4.80. The molecule has 0 radical (unpaired) electrons. The first-order valence-corrected chi connectivity index (χ1v) is 18.6. The van der Waals surface area contributed by atoms with Gasteiger partial charge < -0.3 is 61.2 Å². The maximum atomic E-state index is 12.7. The number of nitrogens with one attached hydrogen (secondary N) is 3. The molecule has 1 aromatic heterocycles. The average molecular weight is 816 g/mol. The molecule has 57 heavy (non-hydrogen) atoms. The van der Waals surface area contributed by atoms with Crippen LogP contribution in [-0.4, -0.2) is 195 Å². The van der Waals surface area contributed by atoms with Gasteiger partial charge in [-0.3, -0.25) is 48.5 Å². The SMILES string of the molecule is O=COC(CCC(=O)NCC(O)CO)N1CCN(C(CCC(=O)NCC(O)CO)OC=O)Cc2cccc(n2)CN(C(CCC(=O)NCC(O)CO)C(=O)O)CC1. The monoisotopic (exact) mass is 815 g/mol. The number of carboxylic acid groups (broad SMARTS) is 1. The number of aliphatic hydroxyl groups is 6. The highest BCUT2D eigenvalue weighted by molar-refractivity contribution is 5.78. The minimum Gasteiger partial charge on any atom is -0.480 e. The second-order valence-electron chi connectivity index (χ2n) is 13.4. The Morgan fingerprint density at radius 1 is 0.649 bits per heavy atom. The number of carbonyl (C=O) groups excluding carboxylic acids is 5. The van der Waals surface area contributed by atoms with Gasteiger partial charge in [0.1, 0.15) is 6.04 Å². The van der Waals surface area contributed by atoms with Crippen LogP contribution in [0.1, 0.15) is 49.9 Å². The van der Waals surface area contributed by atoms with E-state index >= 15 is 0 Å². The molecule has 1 aliphatic heterocycles. The van der Waals surface area contributed by atoms with E-state index in [-0.39, 0.29) is 110 Å². The van der Waals surface area contributed by atoms with Crippen molar-refractivity contribution in [3.8, 4) is 0 Å². The van der Waals surface area contributed by atoms with E-state index in [9.17, 15) is 49.2 Å². The number of aliphatic hydroxyl groups excluding tert-OH is 6. The van der Waals surface area contributed by atoms with Gasteiger partial charge in [-0.05, 0) is 18.6 Å². The molecule has 1 aliphatic rings. The van der Waals surface area contributed by atoms with Crippen LogP contribution in [0.15, 0.2) is 18.2 Å². The third kappa shape index (κ3) is 19.1. The Morgan fingerprint density at radius 3 is 1.46 bits per heavy atom. The summed E-state index contributed by atoms with van der Waals surface area (Å²) in [5.41, 5.74) is 0.948. The number of nitrogens with zero attached hydrogens (tertiary/aromatic N) is 4. The number of hydrogen-bond acceptors (Lipinski definition) is 18. The number of pyridine rings is 1. The second kappa shape index (κ2) is 27.3. The van der Waals surface area contributed by atoms with Crippen LogP contribution in [0, 0.1) is 0 Å². The number of aromatic nitrogens is 1. The number of fused-ring (bicyclic) bond motifs is 2. The van der Waals surface area contributed by atoms with Crippen molar-refractivity contribution in [2.45, 2.75) is 88.4 Å². The molecule has 0 saturated carbocycles. The summed E-state index contributed by atoms with van der Waals surface area (Å²) in [5.74, 6) is -2.76. The average Bonchev–Trinajstić information content (AvgIpc) is 3.20. The van der Waals surface area contributed by atoms with Crippen LogP contribution in [0.5, 0.6) is 0 Å². The van der Waals surface area contributed by atoms with Crippen molar-refractivity contribution in [2.24, 2.45) is 0 Å². The Hall–Kier alpha value is -4.39. The van der Waals surface area contributed by atoms with E-state index in [1.807, 2.05) is 0 Å². The Balaban J connectivity index is 2.47. The molecule has 0 spiro atoms. The van der Waals surface area contributed by atoms with Crippen molar-refractivity contribution in [1.82, 2.24) is 35.6 Å². The minimum atomic E-state index is -1.23. The highest BCUT2D eigenvalue weighted by atomic mass is 16.5. The van der Waals surface area contributed by atoms with Crippen LogP contribution in [0.25, 0.3) is 0 Å². The maximum Gasteiger partial charge on any atom is 0.320 e. The summed E-state index contributed by atoms with van der Waals surface area (Å²) >= 11 is 0. The maximum absolute atomic E-state index is 12.7. The highest BCUT2D eigenvalue weighted by Crippen LogP contribution is 2.19. The largest absolute Gasteiger partial charge is 0.480 e. The van der Waals surface area contributed by atoms with E-state index in [2.05, 4.69) is 16.0 Å². The Labute approximate surface area is 329 Å². The predicted molar refractivity (Wildman–Crippen MR) is 196 cm³/mol. The second-order valence-corrected chi connectivity index (χ2v) is 13.4. The van der Waals surface area contributed by atoms with Crippen molar-refractivity contribution >= 4 is 36.6 Å². The molecule has 2 rings (SSSR count). The summed E-state index contributed by atoms with van der Waals surface area (Å²) in [6, 6.07) is 3.89. The van der Waals surface area contributed by atoms with Crippen LogP contribution in [0.4, 0.5) is 0 Å². The number of aliphatic carboxylic acids is 1. The van der Waals surface area contributed by atoms with E-state index in [0.717, 1.165) is 0 Å². The molecule has 6 unspecified atom stereocenters. The van der Waals surface area contributed by atoms with Crippen LogP contribution in [0.2, 0.25) is 0 Å². The van der Waals surface area contributed by atoms with Gasteiger partial charge >= 0.3 is 5.97 Å². The number of ether oxygens (including phenoxy) is 2. The van der Waals surface area contributed by atoms with Gasteiger partial charge in [-0.1, -0.05) is 6.07 Å². The Morgan fingerprint density at radius 2 is 1.04 bits per heavy atom. The van der Waals surface area contributed by atoms with Crippen LogP contribution < -0.4 is 16.0 Å². The molecule has 2 bridgehead atoms. The molecular formula is C35H57N7O15. The summed E-state index contributed by atoms with van der Waals surface area (Å²) < 4.78 is 10.9. The van der Waals surface area contributed by atoms with Crippen molar-refractivity contribution < 1.29 is 74.0 Å². The zero-order valence-corrected chi connectivity index (χ0v) is 31.8. The lowest BCUT2D eigenvalue weighted by molar-refractivity contribution is -0.151. The summed E-state index contributed by atoms with van der Waals surface area (Å²) in [5, 5.41) is 73.8. The molecular weight excluding hydrogens is 758 g/mol. The summed E-state index contributed by atoms with van der Waals surface area (Å²) in [7, 11) is 0. The lowest BCUT2D eigenvalue weighted by Gasteiger charge is -2.37. The molecule has 3 amide bonds. The van der Waals surface area contributed by atoms with Crippen LogP contribution in [0.3, 0.4) is 0 Å². The first kappa shape index (κ1) is 48.8. The van der Waals surface area contributed by atoms with E-state index in [4.69, 9.17) is 29.8 Å². The van der Waals surface area contributed by atoms with E-state index in [1.165, 1.54) is 0 Å². The molecule has 22 heteroatoms. The number of hydrogen-bond donors (Lipinski definition) is 10. The van der Waals surface area contributed by atoms with Gasteiger partial charge in [0.25, 0.3) is 12.9 Å². The quantitative estimate of drug-likeness (QED) is 0.0392. The molecule has 0 aromatic carbocycles. The summed E-state index contributed by atoms with van der Waals surface area (Å²) in [4.78, 5) is 83.6. The van der Waals surface area contributed by atoms with Crippen molar-refractivity contribution in [2.75, 3.05) is 65.6 Å². The molecule has 322 valence electrons. The normalized spacial score (nSPS) is 17.6. The molecule has 6 atom stereocenters. The van der Waals surface area contributed by atoms with Gasteiger partial charge in [-0.2, -0.15) is 0 Å². The number of carboxylic acids is 1. The minimum absolute atomic E-state index is 0.00752. The fraction of sp³-hybridized carbons (Fsp3) is 0.686. The number of carbonyl (C=O) groups is 6. The summed E-state index contributed by atoms with van der Waals surface area (Å²) in [6.45, 7) is -1.57. The Bertz CT molecular complexity index is 1400. The molecule has 22 nitrogen and oxygen atoms in total. The lowest BCUT2D eigenvalue weighted by Crippen LogP contribution is -2.50. The van der Waals surface area contributed by atoms with Crippen LogP contribution >= 0.6 is 0 Å². The van der Waals surface area contributed by atoms with Crippen molar-refractivity contribution in [1.29, 1.82) is 0 Å². The summed E-state index contributed by atoms with van der Waals surface area (Å²) in [6.07, 6.45) is -6.26. The molecule has 2 heterocycles. The molecule has 0 fully saturated rings. The first-order valence-electron chi connectivity index (χ1n) is 18.6. The Kier molecular flexibility index (Phi) is 23.3. The van der Waals surface area contributed by atoms with Crippen LogP contribution in [-0.2, 0) is 51.3 Å². The fourth-order valence-corrected chi connectivity index (χ4v) is 5.90. The van der Waals surface area contributed by atoms with Crippen molar-refractivity contribution in [3.05, 3.63) is 29.6 Å². The van der Waals surface area contributed by atoms with Gasteiger partial charge in [-0.15, -0.1) is 0 Å². The first-order chi connectivity index (χ1) is 27.3. The number of amides is 3. The zero-order chi connectivity index (χ0) is 42.2. The number of rotatable bonds is 26. The topological polar surface area (TPSA) is 321 Å². The van der Waals surface area contributed by atoms with E-state index < -0.39 is 80.3 Å². The van der Waals surface area contributed by atoms with E-state index in [0.29, 0.717) is 11.4 Å². The lowest BCUT2D eigenvalue weighted by atomic mass is 10.1. The third-order valence-corrected chi connectivity index (χ3v) is 9.03. The highest BCUT2D eigenvalue weighted by Gasteiger charge is 2.31. The fourth-order valence-electron chi connectivity index (χ4n) is 5.90. The van der Waals surface area contributed by atoms with Crippen molar-refractivity contribution in [3.63, 3.8) is 0 Å². The molecule has 1 aromatic rings. The zero-order valence-electron chi connectivity index (χ0n) is 31.8.